The first-order chi connectivity index (χ1) is 9.81. The third-order valence-electron chi connectivity index (χ3n) is 4.24. The number of carbonyl (C=O) groups is 3. The van der Waals surface area contributed by atoms with Gasteiger partial charge in [0.2, 0.25) is 0 Å². The number of nitrogens with zero attached hydrogens (tertiary/aromatic N) is 1. The minimum atomic E-state index is -0.837. The van der Waals surface area contributed by atoms with Crippen LogP contribution in [0.5, 0.6) is 0 Å². The summed E-state index contributed by atoms with van der Waals surface area (Å²) in [4.78, 5) is 35.9. The van der Waals surface area contributed by atoms with Gasteiger partial charge in [0.1, 0.15) is 5.54 Å². The fraction of sp³-hybridized carbons (Fsp3) is 0.786. The van der Waals surface area contributed by atoms with E-state index in [4.69, 9.17) is 5.11 Å². The van der Waals surface area contributed by atoms with Crippen LogP contribution in [0.25, 0.3) is 0 Å². The summed E-state index contributed by atoms with van der Waals surface area (Å²) in [5.74, 6) is -1.24. The average molecular weight is 297 g/mol. The molecule has 1 heterocycles. The van der Waals surface area contributed by atoms with E-state index in [1.807, 2.05) is 0 Å². The maximum atomic E-state index is 12.0. The Hall–Kier alpha value is -1.63. The van der Waals surface area contributed by atoms with E-state index in [1.165, 1.54) is 4.90 Å². The Morgan fingerprint density at radius 1 is 1.43 bits per heavy atom. The van der Waals surface area contributed by atoms with Gasteiger partial charge in [-0.2, -0.15) is 0 Å². The van der Waals surface area contributed by atoms with Crippen molar-refractivity contribution in [2.75, 3.05) is 13.1 Å². The predicted molar refractivity (Wildman–Crippen MR) is 75.7 cm³/mol. The maximum Gasteiger partial charge on any atom is 0.325 e. The van der Waals surface area contributed by atoms with Crippen molar-refractivity contribution in [1.82, 2.24) is 15.5 Å². The van der Waals surface area contributed by atoms with Gasteiger partial charge in [0.15, 0.2) is 0 Å². The van der Waals surface area contributed by atoms with Gasteiger partial charge in [-0.25, -0.2) is 4.79 Å². The fourth-order valence-corrected chi connectivity index (χ4v) is 3.00. The minimum absolute atomic E-state index is 0.147. The number of aliphatic carboxylic acids is 1. The summed E-state index contributed by atoms with van der Waals surface area (Å²) in [5, 5.41) is 14.9. The normalized spacial score (nSPS) is 28.6. The van der Waals surface area contributed by atoms with Crippen LogP contribution >= 0.6 is 0 Å². The average Bonchev–Trinajstić information content (AvgIpc) is 2.61. The molecule has 2 rings (SSSR count). The van der Waals surface area contributed by atoms with Crippen molar-refractivity contribution in [3.63, 3.8) is 0 Å². The summed E-state index contributed by atoms with van der Waals surface area (Å²) >= 11 is 0. The van der Waals surface area contributed by atoms with Crippen LogP contribution in [-0.4, -0.2) is 52.6 Å². The highest BCUT2D eigenvalue weighted by molar-refractivity contribution is 6.06. The molecular formula is C14H23N3O4. The van der Waals surface area contributed by atoms with Crippen molar-refractivity contribution in [3.8, 4) is 0 Å². The molecule has 3 N–H and O–H groups in total. The quantitative estimate of drug-likeness (QED) is 0.644. The molecule has 0 aromatic rings. The van der Waals surface area contributed by atoms with Crippen LogP contribution in [0.4, 0.5) is 4.79 Å². The zero-order valence-corrected chi connectivity index (χ0v) is 12.5. The lowest BCUT2D eigenvalue weighted by Crippen LogP contribution is -2.43. The van der Waals surface area contributed by atoms with Crippen LogP contribution in [0.3, 0.4) is 0 Å². The van der Waals surface area contributed by atoms with Gasteiger partial charge in [0.05, 0.1) is 5.92 Å². The fourth-order valence-electron chi connectivity index (χ4n) is 3.00. The zero-order chi connectivity index (χ0) is 15.6. The van der Waals surface area contributed by atoms with Crippen molar-refractivity contribution < 1.29 is 19.5 Å². The van der Waals surface area contributed by atoms with E-state index in [1.54, 1.807) is 13.8 Å². The maximum absolute atomic E-state index is 12.0. The topological polar surface area (TPSA) is 98.7 Å². The monoisotopic (exact) mass is 297 g/mol. The highest BCUT2D eigenvalue weighted by Gasteiger charge is 2.43. The van der Waals surface area contributed by atoms with Crippen LogP contribution in [-0.2, 0) is 9.59 Å². The van der Waals surface area contributed by atoms with Gasteiger partial charge in [0.25, 0.3) is 5.91 Å². The Bertz CT molecular complexity index is 450. The van der Waals surface area contributed by atoms with Crippen LogP contribution in [0.15, 0.2) is 0 Å². The van der Waals surface area contributed by atoms with Crippen molar-refractivity contribution in [1.29, 1.82) is 0 Å². The number of carboxylic acid groups (broad SMARTS) is 1. The van der Waals surface area contributed by atoms with Crippen molar-refractivity contribution >= 4 is 17.9 Å². The number of imide groups is 1. The zero-order valence-electron chi connectivity index (χ0n) is 12.5. The molecule has 7 heteroatoms. The molecule has 0 bridgehead atoms. The van der Waals surface area contributed by atoms with Gasteiger partial charge < -0.3 is 15.7 Å². The van der Waals surface area contributed by atoms with Gasteiger partial charge in [-0.1, -0.05) is 6.42 Å². The summed E-state index contributed by atoms with van der Waals surface area (Å²) in [6.45, 7) is 4.16. The first-order valence-corrected chi connectivity index (χ1v) is 7.41. The lowest BCUT2D eigenvalue weighted by Gasteiger charge is -2.28. The van der Waals surface area contributed by atoms with E-state index in [2.05, 4.69) is 10.6 Å². The number of urea groups is 1. The van der Waals surface area contributed by atoms with E-state index < -0.39 is 11.5 Å². The Balaban J connectivity index is 1.78. The van der Waals surface area contributed by atoms with Gasteiger partial charge in [-0.3, -0.25) is 14.5 Å². The Morgan fingerprint density at radius 2 is 2.14 bits per heavy atom. The lowest BCUT2D eigenvalue weighted by atomic mass is 9.86. The molecule has 118 valence electrons. The van der Waals surface area contributed by atoms with Gasteiger partial charge in [-0.15, -0.1) is 0 Å². The van der Waals surface area contributed by atoms with Crippen LogP contribution in [0, 0.1) is 5.92 Å². The van der Waals surface area contributed by atoms with Crippen molar-refractivity contribution in [2.45, 2.75) is 51.1 Å². The molecule has 2 atom stereocenters. The number of nitrogens with one attached hydrogen (secondary N) is 2. The summed E-state index contributed by atoms with van der Waals surface area (Å²) < 4.78 is 0. The summed E-state index contributed by atoms with van der Waals surface area (Å²) in [5.41, 5.74) is -0.837. The van der Waals surface area contributed by atoms with E-state index in [-0.39, 0.29) is 23.9 Å². The number of amides is 3. The molecule has 2 aliphatic rings. The second-order valence-corrected chi connectivity index (χ2v) is 6.36. The number of carbonyl (C=O) groups excluding carboxylic acids is 2. The van der Waals surface area contributed by atoms with Crippen LogP contribution < -0.4 is 10.6 Å². The molecule has 0 spiro atoms. The molecule has 2 unspecified atom stereocenters. The first-order valence-electron chi connectivity index (χ1n) is 7.41. The first kappa shape index (κ1) is 15.8. The van der Waals surface area contributed by atoms with Crippen LogP contribution in [0.2, 0.25) is 0 Å². The predicted octanol–water partition coefficient (Wildman–Crippen LogP) is 0.550. The Morgan fingerprint density at radius 3 is 2.71 bits per heavy atom. The molecule has 1 saturated carbocycles. The van der Waals surface area contributed by atoms with Crippen molar-refractivity contribution in [3.05, 3.63) is 0 Å². The lowest BCUT2D eigenvalue weighted by molar-refractivity contribution is -0.143. The number of hydrogen-bond donors (Lipinski definition) is 3. The molecule has 7 nitrogen and oxygen atoms in total. The highest BCUT2D eigenvalue weighted by Crippen LogP contribution is 2.24. The van der Waals surface area contributed by atoms with Gasteiger partial charge >= 0.3 is 12.0 Å². The molecule has 1 saturated heterocycles. The third kappa shape index (κ3) is 3.53. The molecule has 0 aromatic heterocycles. The van der Waals surface area contributed by atoms with Crippen LogP contribution in [0.1, 0.15) is 39.5 Å². The Labute approximate surface area is 124 Å². The SMILES string of the molecule is CC1(C)NC(=O)N(CCNC2CCCC(C(=O)O)C2)C1=O. The molecule has 21 heavy (non-hydrogen) atoms. The smallest absolute Gasteiger partial charge is 0.325 e. The summed E-state index contributed by atoms with van der Waals surface area (Å²) in [7, 11) is 0. The largest absolute Gasteiger partial charge is 0.481 e. The third-order valence-corrected chi connectivity index (χ3v) is 4.24. The standard InChI is InChI=1S/C14H23N3O4/c1-14(2)12(20)17(13(21)16-14)7-6-15-10-5-3-4-9(8-10)11(18)19/h9-10,15H,3-8H2,1-2H3,(H,16,21)(H,18,19). The summed E-state index contributed by atoms with van der Waals surface area (Å²) in [6, 6.07) is -0.215. The number of carboxylic acids is 1. The summed E-state index contributed by atoms with van der Waals surface area (Å²) in [6.07, 6.45) is 3.18. The molecule has 0 radical (unpaired) electrons. The van der Waals surface area contributed by atoms with Gasteiger partial charge in [-0.05, 0) is 33.1 Å². The van der Waals surface area contributed by atoms with Gasteiger partial charge in [0, 0.05) is 19.1 Å². The van der Waals surface area contributed by atoms with E-state index in [0.717, 1.165) is 19.3 Å². The molecule has 2 fully saturated rings. The van der Waals surface area contributed by atoms with E-state index in [9.17, 15) is 14.4 Å². The number of hydrogen-bond acceptors (Lipinski definition) is 4. The molecule has 0 aromatic carbocycles. The highest BCUT2D eigenvalue weighted by atomic mass is 16.4. The number of rotatable bonds is 5. The minimum Gasteiger partial charge on any atom is -0.481 e. The van der Waals surface area contributed by atoms with Crippen molar-refractivity contribution in [2.24, 2.45) is 5.92 Å². The Kier molecular flexibility index (Phi) is 4.51. The molecule has 3 amide bonds. The van der Waals surface area contributed by atoms with E-state index >= 15 is 0 Å². The second kappa shape index (κ2) is 6.01. The molecular weight excluding hydrogens is 274 g/mol. The second-order valence-electron chi connectivity index (χ2n) is 6.36. The molecule has 1 aliphatic carbocycles. The van der Waals surface area contributed by atoms with E-state index in [0.29, 0.717) is 19.5 Å². The molecule has 1 aliphatic heterocycles.